The lowest BCUT2D eigenvalue weighted by Gasteiger charge is -2.32. The van der Waals surface area contributed by atoms with Gasteiger partial charge in [0.05, 0.1) is 7.11 Å². The highest BCUT2D eigenvalue weighted by atomic mass is 16.5. The third kappa shape index (κ3) is 5.98. The van der Waals surface area contributed by atoms with Gasteiger partial charge in [0.1, 0.15) is 5.75 Å². The number of hydrogen-bond acceptors (Lipinski definition) is 3. The number of carbonyl (C=O) groups excluding carboxylic acids is 1. The molecule has 4 heteroatoms. The number of likely N-dealkylation sites (tertiary alicyclic amines) is 1. The standard InChI is InChI=1S/C28H32N2O2/c1-32-27-10-6-5-9-26(27)20-29-28(31)25-13-11-24(12-14-25)21-30-17-15-23(16-18-30)19-22-7-3-2-4-8-22/h2-14,23H,15-21H2,1H3,(H,29,31). The van der Waals surface area contributed by atoms with Gasteiger partial charge in [0.15, 0.2) is 0 Å². The van der Waals surface area contributed by atoms with Crippen molar-refractivity contribution in [3.05, 3.63) is 101 Å². The summed E-state index contributed by atoms with van der Waals surface area (Å²) in [6.45, 7) is 3.67. The average molecular weight is 429 g/mol. The Kier molecular flexibility index (Phi) is 7.57. The number of carbonyl (C=O) groups is 1. The Hall–Kier alpha value is -3.11. The molecule has 1 aliphatic heterocycles. The molecular formula is C28H32N2O2. The van der Waals surface area contributed by atoms with E-state index >= 15 is 0 Å². The summed E-state index contributed by atoms with van der Waals surface area (Å²) in [6.07, 6.45) is 3.68. The number of amides is 1. The zero-order chi connectivity index (χ0) is 22.2. The first kappa shape index (κ1) is 22.1. The van der Waals surface area contributed by atoms with E-state index in [2.05, 4.69) is 52.7 Å². The molecule has 4 rings (SSSR count). The molecule has 166 valence electrons. The molecule has 0 aromatic heterocycles. The van der Waals surface area contributed by atoms with Crippen LogP contribution in [0.3, 0.4) is 0 Å². The summed E-state index contributed by atoms with van der Waals surface area (Å²) in [5, 5.41) is 2.99. The largest absolute Gasteiger partial charge is 0.496 e. The van der Waals surface area contributed by atoms with E-state index in [4.69, 9.17) is 4.74 Å². The minimum absolute atomic E-state index is 0.0656. The summed E-state index contributed by atoms with van der Waals surface area (Å²) < 4.78 is 5.35. The maximum atomic E-state index is 12.5. The molecule has 0 spiro atoms. The maximum absolute atomic E-state index is 12.5. The lowest BCUT2D eigenvalue weighted by atomic mass is 9.90. The van der Waals surface area contributed by atoms with E-state index in [1.54, 1.807) is 7.11 Å². The quantitative estimate of drug-likeness (QED) is 0.544. The van der Waals surface area contributed by atoms with Crippen molar-refractivity contribution in [1.82, 2.24) is 10.2 Å². The first-order valence-corrected chi connectivity index (χ1v) is 11.5. The minimum atomic E-state index is -0.0656. The molecule has 1 aliphatic rings. The van der Waals surface area contributed by atoms with E-state index in [-0.39, 0.29) is 5.91 Å². The normalized spacial score (nSPS) is 14.8. The molecule has 0 radical (unpaired) electrons. The van der Waals surface area contributed by atoms with Crippen molar-refractivity contribution >= 4 is 5.91 Å². The highest BCUT2D eigenvalue weighted by Crippen LogP contribution is 2.23. The van der Waals surface area contributed by atoms with Crippen LogP contribution in [0, 0.1) is 5.92 Å². The number of nitrogens with zero attached hydrogens (tertiary/aromatic N) is 1. The van der Waals surface area contributed by atoms with Gasteiger partial charge in [-0.25, -0.2) is 0 Å². The van der Waals surface area contributed by atoms with Crippen LogP contribution in [0.25, 0.3) is 0 Å². The van der Waals surface area contributed by atoms with Gasteiger partial charge >= 0.3 is 0 Å². The predicted molar refractivity (Wildman–Crippen MR) is 129 cm³/mol. The van der Waals surface area contributed by atoms with Gasteiger partial charge in [0, 0.05) is 24.2 Å². The van der Waals surface area contributed by atoms with Crippen LogP contribution in [-0.2, 0) is 19.5 Å². The van der Waals surface area contributed by atoms with Crippen LogP contribution in [-0.4, -0.2) is 31.0 Å². The van der Waals surface area contributed by atoms with Gasteiger partial charge in [-0.3, -0.25) is 9.69 Å². The number of ether oxygens (including phenoxy) is 1. The van der Waals surface area contributed by atoms with Crippen molar-refractivity contribution in [3.8, 4) is 5.75 Å². The van der Waals surface area contributed by atoms with Crippen molar-refractivity contribution in [2.24, 2.45) is 5.92 Å². The molecule has 1 saturated heterocycles. The van der Waals surface area contributed by atoms with Crippen LogP contribution in [0.1, 0.15) is 39.9 Å². The third-order valence-corrected chi connectivity index (χ3v) is 6.33. The number of nitrogens with one attached hydrogen (secondary N) is 1. The van der Waals surface area contributed by atoms with Crippen LogP contribution in [0.5, 0.6) is 5.75 Å². The lowest BCUT2D eigenvalue weighted by Crippen LogP contribution is -2.33. The summed E-state index contributed by atoms with van der Waals surface area (Å²) in [5.74, 6) is 1.50. The molecular weight excluding hydrogens is 396 g/mol. The smallest absolute Gasteiger partial charge is 0.251 e. The number of benzene rings is 3. The summed E-state index contributed by atoms with van der Waals surface area (Å²) in [5.41, 5.74) is 4.36. The minimum Gasteiger partial charge on any atom is -0.496 e. The molecule has 0 bridgehead atoms. The molecule has 0 unspecified atom stereocenters. The molecule has 1 fully saturated rings. The van der Waals surface area contributed by atoms with Crippen molar-refractivity contribution in [1.29, 1.82) is 0 Å². The van der Waals surface area contributed by atoms with E-state index in [1.165, 1.54) is 30.4 Å². The zero-order valence-corrected chi connectivity index (χ0v) is 18.8. The fourth-order valence-electron chi connectivity index (χ4n) is 4.44. The van der Waals surface area contributed by atoms with E-state index in [1.807, 2.05) is 36.4 Å². The number of rotatable bonds is 8. The van der Waals surface area contributed by atoms with E-state index < -0.39 is 0 Å². The monoisotopic (exact) mass is 428 g/mol. The molecule has 3 aromatic carbocycles. The van der Waals surface area contributed by atoms with Gasteiger partial charge in [-0.2, -0.15) is 0 Å². The van der Waals surface area contributed by atoms with Crippen molar-refractivity contribution < 1.29 is 9.53 Å². The van der Waals surface area contributed by atoms with Crippen LogP contribution in [0.4, 0.5) is 0 Å². The van der Waals surface area contributed by atoms with Gasteiger partial charge < -0.3 is 10.1 Å². The van der Waals surface area contributed by atoms with Crippen molar-refractivity contribution in [2.75, 3.05) is 20.2 Å². The van der Waals surface area contributed by atoms with Crippen LogP contribution >= 0.6 is 0 Å². The maximum Gasteiger partial charge on any atom is 0.251 e. The molecule has 0 aliphatic carbocycles. The molecule has 0 saturated carbocycles. The number of piperidine rings is 1. The number of para-hydroxylation sites is 1. The Balaban J connectivity index is 1.24. The molecule has 0 atom stereocenters. The van der Waals surface area contributed by atoms with Gasteiger partial charge in [0.2, 0.25) is 0 Å². The average Bonchev–Trinajstić information content (AvgIpc) is 2.85. The Labute approximate surface area is 191 Å². The summed E-state index contributed by atoms with van der Waals surface area (Å²) in [6, 6.07) is 26.6. The molecule has 1 amide bonds. The molecule has 1 N–H and O–H groups in total. The predicted octanol–water partition coefficient (Wildman–Crippen LogP) is 5.08. The highest BCUT2D eigenvalue weighted by molar-refractivity contribution is 5.94. The number of methoxy groups -OCH3 is 1. The van der Waals surface area contributed by atoms with Crippen LogP contribution in [0.2, 0.25) is 0 Å². The summed E-state index contributed by atoms with van der Waals surface area (Å²) in [4.78, 5) is 15.1. The lowest BCUT2D eigenvalue weighted by molar-refractivity contribution is 0.0950. The van der Waals surface area contributed by atoms with E-state index in [0.717, 1.165) is 36.9 Å². The Morgan fingerprint density at radius 3 is 2.31 bits per heavy atom. The van der Waals surface area contributed by atoms with Crippen molar-refractivity contribution in [2.45, 2.75) is 32.4 Å². The van der Waals surface area contributed by atoms with Gasteiger partial charge in [-0.15, -0.1) is 0 Å². The molecule has 32 heavy (non-hydrogen) atoms. The molecule has 4 nitrogen and oxygen atoms in total. The third-order valence-electron chi connectivity index (χ3n) is 6.33. The second kappa shape index (κ2) is 11.0. The second-order valence-electron chi connectivity index (χ2n) is 8.60. The topological polar surface area (TPSA) is 41.6 Å². The Morgan fingerprint density at radius 1 is 0.906 bits per heavy atom. The fourth-order valence-corrected chi connectivity index (χ4v) is 4.44. The Bertz CT molecular complexity index is 993. The fraction of sp³-hybridized carbons (Fsp3) is 0.321. The highest BCUT2D eigenvalue weighted by Gasteiger charge is 2.19. The summed E-state index contributed by atoms with van der Waals surface area (Å²) in [7, 11) is 1.64. The van der Waals surface area contributed by atoms with Gasteiger partial charge in [-0.05, 0) is 67.6 Å². The number of hydrogen-bond donors (Lipinski definition) is 1. The summed E-state index contributed by atoms with van der Waals surface area (Å²) >= 11 is 0. The molecule has 3 aromatic rings. The first-order valence-electron chi connectivity index (χ1n) is 11.5. The molecule has 1 heterocycles. The van der Waals surface area contributed by atoms with E-state index in [0.29, 0.717) is 12.1 Å². The van der Waals surface area contributed by atoms with Gasteiger partial charge in [0.25, 0.3) is 5.91 Å². The second-order valence-corrected chi connectivity index (χ2v) is 8.60. The first-order chi connectivity index (χ1) is 15.7. The van der Waals surface area contributed by atoms with Crippen LogP contribution in [0.15, 0.2) is 78.9 Å². The Morgan fingerprint density at radius 2 is 1.59 bits per heavy atom. The van der Waals surface area contributed by atoms with Crippen molar-refractivity contribution in [3.63, 3.8) is 0 Å². The SMILES string of the molecule is COc1ccccc1CNC(=O)c1ccc(CN2CCC(Cc3ccccc3)CC2)cc1. The van der Waals surface area contributed by atoms with E-state index in [9.17, 15) is 4.79 Å². The zero-order valence-electron chi connectivity index (χ0n) is 18.8. The van der Waals surface area contributed by atoms with Gasteiger partial charge in [-0.1, -0.05) is 60.7 Å². The van der Waals surface area contributed by atoms with Crippen LogP contribution < -0.4 is 10.1 Å².